The van der Waals surface area contributed by atoms with E-state index in [4.69, 9.17) is 9.47 Å². The van der Waals surface area contributed by atoms with Gasteiger partial charge in [-0.05, 0) is 25.0 Å². The monoisotopic (exact) mass is 550 g/mol. The number of nitro groups is 2. The number of nitro benzene ring substituents is 2. The summed E-state index contributed by atoms with van der Waals surface area (Å²) in [4.78, 5) is 59.2. The molecule has 1 fully saturated rings. The minimum Gasteiger partial charge on any atom is -0.465 e. The second kappa shape index (κ2) is 11.3. The Balaban J connectivity index is 2.32. The van der Waals surface area contributed by atoms with Gasteiger partial charge in [-0.3, -0.25) is 29.8 Å². The molecule has 4 atom stereocenters. The third-order valence-corrected chi connectivity index (χ3v) is 8.19. The molecule has 0 N–H and O–H groups in total. The van der Waals surface area contributed by atoms with Crippen molar-refractivity contribution in [3.05, 3.63) is 84.8 Å². The molecular formula is C22H22N4O11S. The van der Waals surface area contributed by atoms with Crippen LogP contribution in [0.5, 0.6) is 0 Å². The number of benzene rings is 2. The summed E-state index contributed by atoms with van der Waals surface area (Å²) in [6.45, 7) is 2.38. The van der Waals surface area contributed by atoms with Crippen LogP contribution in [0.1, 0.15) is 37.1 Å². The first kappa shape index (κ1) is 28.1. The van der Waals surface area contributed by atoms with Gasteiger partial charge in [-0.25, -0.2) is 13.4 Å². The fourth-order valence-electron chi connectivity index (χ4n) is 4.29. The van der Waals surface area contributed by atoms with Gasteiger partial charge in [0.25, 0.3) is 11.4 Å². The third-order valence-electron chi connectivity index (χ3n) is 5.87. The average Bonchev–Trinajstić information content (AvgIpc) is 2.87. The fourth-order valence-corrected chi connectivity index (χ4v) is 6.56. The maximum Gasteiger partial charge on any atom is 0.326 e. The highest BCUT2D eigenvalue weighted by molar-refractivity contribution is 7.94. The second-order valence-corrected chi connectivity index (χ2v) is 10.2. The largest absolute Gasteiger partial charge is 0.465 e. The minimum absolute atomic E-state index is 0.0222. The Morgan fingerprint density at radius 2 is 1.16 bits per heavy atom. The molecule has 0 saturated carbocycles. The van der Waals surface area contributed by atoms with Gasteiger partial charge in [0.05, 0.1) is 28.3 Å². The Morgan fingerprint density at radius 3 is 1.42 bits per heavy atom. The van der Waals surface area contributed by atoms with Gasteiger partial charge in [-0.1, -0.05) is 24.3 Å². The molecule has 0 spiro atoms. The molecule has 16 heteroatoms. The van der Waals surface area contributed by atoms with Crippen LogP contribution >= 0.6 is 0 Å². The molecule has 4 unspecified atom stereocenters. The molecule has 38 heavy (non-hydrogen) atoms. The molecule has 1 aliphatic rings. The molecule has 0 radical (unpaired) electrons. The van der Waals surface area contributed by atoms with Crippen LogP contribution in [0.15, 0.2) is 53.8 Å². The van der Waals surface area contributed by atoms with E-state index in [-0.39, 0.29) is 35.7 Å². The van der Waals surface area contributed by atoms with Gasteiger partial charge in [0.1, 0.15) is 12.1 Å². The number of rotatable bonds is 9. The molecule has 0 amide bonds. The molecule has 1 heterocycles. The summed E-state index contributed by atoms with van der Waals surface area (Å²) in [5.41, 5.74) is -0.735. The summed E-state index contributed by atoms with van der Waals surface area (Å²) in [6, 6.07) is 5.45. The third kappa shape index (κ3) is 5.15. The van der Waals surface area contributed by atoms with Gasteiger partial charge in [-0.2, -0.15) is 0 Å². The van der Waals surface area contributed by atoms with E-state index >= 15 is 0 Å². The predicted molar refractivity (Wildman–Crippen MR) is 129 cm³/mol. The van der Waals surface area contributed by atoms with Crippen molar-refractivity contribution >= 4 is 33.2 Å². The van der Waals surface area contributed by atoms with Crippen molar-refractivity contribution in [2.24, 2.45) is 5.29 Å². The van der Waals surface area contributed by atoms with Crippen LogP contribution < -0.4 is 0 Å². The zero-order valence-electron chi connectivity index (χ0n) is 20.0. The highest BCUT2D eigenvalue weighted by Crippen LogP contribution is 2.47. The number of hydrogen-bond acceptors (Lipinski definition) is 12. The van der Waals surface area contributed by atoms with Gasteiger partial charge in [0.2, 0.25) is 0 Å². The number of nitrogens with zero attached hydrogens (tertiary/aromatic N) is 4. The first-order valence-corrected chi connectivity index (χ1v) is 12.8. The number of esters is 2. The summed E-state index contributed by atoms with van der Waals surface area (Å²) in [5.74, 6) is -2.55. The normalized spacial score (nSPS) is 22.2. The van der Waals surface area contributed by atoms with Crippen molar-refractivity contribution in [3.63, 3.8) is 0 Å². The van der Waals surface area contributed by atoms with Crippen LogP contribution in [0.3, 0.4) is 0 Å². The zero-order valence-corrected chi connectivity index (χ0v) is 20.8. The minimum atomic E-state index is -4.86. The number of nitroso groups, excluding NO2 is 1. The van der Waals surface area contributed by atoms with E-state index < -0.39 is 54.2 Å². The molecule has 202 valence electrons. The van der Waals surface area contributed by atoms with E-state index in [2.05, 4.69) is 5.29 Å². The lowest BCUT2D eigenvalue weighted by Crippen LogP contribution is -2.59. The lowest BCUT2D eigenvalue weighted by molar-refractivity contribution is -0.385. The molecule has 0 aromatic heterocycles. The Labute approximate surface area is 215 Å². The van der Waals surface area contributed by atoms with E-state index in [0.717, 1.165) is 48.5 Å². The lowest BCUT2D eigenvalue weighted by atomic mass is 9.95. The lowest BCUT2D eigenvalue weighted by Gasteiger charge is -2.44. The maximum absolute atomic E-state index is 13.9. The molecule has 1 aliphatic heterocycles. The van der Waals surface area contributed by atoms with Crippen LogP contribution in [0.2, 0.25) is 0 Å². The van der Waals surface area contributed by atoms with E-state index in [9.17, 15) is 43.1 Å². The maximum atomic E-state index is 13.9. The predicted octanol–water partition coefficient (Wildman–Crippen LogP) is 2.56. The Kier molecular flexibility index (Phi) is 8.35. The van der Waals surface area contributed by atoms with Gasteiger partial charge < -0.3 is 9.47 Å². The number of sulfone groups is 1. The summed E-state index contributed by atoms with van der Waals surface area (Å²) >= 11 is 0. The standard InChI is InChI=1S/C22H22N4O11S/c1-3-36-21(27)19-17(13-5-9-15(10-6-13)25(30)31)24(23-29)18(14-7-11-16(12-8-14)26(32)33)20(38(19,34)35)22(28)37-4-2/h5-12,17-20H,3-4H2,1-2H3. The molecule has 2 aromatic rings. The van der Waals surface area contributed by atoms with Crippen molar-refractivity contribution in [1.82, 2.24) is 5.01 Å². The second-order valence-electron chi connectivity index (χ2n) is 7.98. The fraction of sp³-hybridized carbons (Fsp3) is 0.364. The topological polar surface area (TPSA) is 206 Å². The SMILES string of the molecule is CCOC(=O)C1C(c2ccc([N+](=O)[O-])cc2)N(N=O)C(c2ccc([N+](=O)[O-])cc2)C(C(=O)OCC)S1(=O)=O. The van der Waals surface area contributed by atoms with Crippen molar-refractivity contribution in [1.29, 1.82) is 0 Å². The van der Waals surface area contributed by atoms with Gasteiger partial charge in [0.15, 0.2) is 20.3 Å². The smallest absolute Gasteiger partial charge is 0.326 e. The summed E-state index contributed by atoms with van der Waals surface area (Å²) in [6.07, 6.45) is 0. The van der Waals surface area contributed by atoms with Gasteiger partial charge >= 0.3 is 11.9 Å². The number of carbonyl (C=O) groups is 2. The van der Waals surface area contributed by atoms with Crippen molar-refractivity contribution in [2.75, 3.05) is 13.2 Å². The quantitative estimate of drug-likeness (QED) is 0.191. The number of ether oxygens (including phenoxy) is 2. The summed E-state index contributed by atoms with van der Waals surface area (Å²) in [5, 5.41) is 21.6. The zero-order chi connectivity index (χ0) is 28.2. The average molecular weight is 551 g/mol. The van der Waals surface area contributed by atoms with Gasteiger partial charge in [0, 0.05) is 24.3 Å². The number of carbonyl (C=O) groups excluding carboxylic acids is 2. The van der Waals surface area contributed by atoms with E-state index in [1.807, 2.05) is 0 Å². The molecule has 0 bridgehead atoms. The van der Waals surface area contributed by atoms with Crippen LogP contribution in [0.4, 0.5) is 11.4 Å². The van der Waals surface area contributed by atoms with E-state index in [1.54, 1.807) is 0 Å². The van der Waals surface area contributed by atoms with Crippen LogP contribution in [-0.2, 0) is 28.9 Å². The molecular weight excluding hydrogens is 528 g/mol. The molecule has 1 saturated heterocycles. The number of non-ortho nitro benzene ring substituents is 2. The Bertz CT molecular complexity index is 1250. The Morgan fingerprint density at radius 1 is 0.816 bits per heavy atom. The first-order chi connectivity index (χ1) is 18.0. The van der Waals surface area contributed by atoms with Crippen molar-refractivity contribution < 1.29 is 37.3 Å². The van der Waals surface area contributed by atoms with E-state index in [1.165, 1.54) is 13.8 Å². The molecule has 2 aromatic carbocycles. The highest BCUT2D eigenvalue weighted by Gasteiger charge is 2.61. The van der Waals surface area contributed by atoms with Crippen molar-refractivity contribution in [3.8, 4) is 0 Å². The van der Waals surface area contributed by atoms with E-state index in [0.29, 0.717) is 5.01 Å². The number of hydrogen-bond donors (Lipinski definition) is 0. The summed E-state index contributed by atoms with van der Waals surface area (Å²) < 4.78 is 37.8. The molecule has 0 aliphatic carbocycles. The first-order valence-electron chi connectivity index (χ1n) is 11.2. The van der Waals surface area contributed by atoms with Crippen LogP contribution in [-0.4, -0.2) is 58.9 Å². The Hall–Kier alpha value is -4.47. The van der Waals surface area contributed by atoms with Crippen molar-refractivity contribution in [2.45, 2.75) is 36.4 Å². The van der Waals surface area contributed by atoms with Crippen LogP contribution in [0.25, 0.3) is 0 Å². The highest BCUT2D eigenvalue weighted by atomic mass is 32.2. The van der Waals surface area contributed by atoms with Gasteiger partial charge in [-0.15, -0.1) is 4.91 Å². The van der Waals surface area contributed by atoms with Crippen LogP contribution in [0, 0.1) is 25.1 Å². The molecule has 15 nitrogen and oxygen atoms in total. The summed E-state index contributed by atoms with van der Waals surface area (Å²) in [7, 11) is -4.86. The molecule has 3 rings (SSSR count).